The van der Waals surface area contributed by atoms with Crippen LogP contribution in [0.3, 0.4) is 0 Å². The van der Waals surface area contributed by atoms with Gasteiger partial charge in [-0.1, -0.05) is 34.2 Å². The Bertz CT molecular complexity index is 243. The van der Waals surface area contributed by atoms with Gasteiger partial charge in [-0.25, -0.2) is 0 Å². The number of esters is 1. The highest BCUT2D eigenvalue weighted by Gasteiger charge is 2.19. The Hall–Kier alpha value is -0.570. The molecule has 0 aromatic heterocycles. The highest BCUT2D eigenvalue weighted by Crippen LogP contribution is 2.20. The third-order valence-electron chi connectivity index (χ3n) is 1.81. The lowest BCUT2D eigenvalue weighted by molar-refractivity contribution is -0.141. The second-order valence-electron chi connectivity index (χ2n) is 2.80. The molecule has 0 aliphatic heterocycles. The lowest BCUT2D eigenvalue weighted by Crippen LogP contribution is -2.19. The van der Waals surface area contributed by atoms with Crippen LogP contribution in [0.5, 0.6) is 0 Å². The van der Waals surface area contributed by atoms with Crippen LogP contribution in [-0.4, -0.2) is 17.4 Å². The van der Waals surface area contributed by atoms with Crippen LogP contribution in [0.1, 0.15) is 19.8 Å². The van der Waals surface area contributed by atoms with Gasteiger partial charge in [0, 0.05) is 0 Å². The van der Waals surface area contributed by atoms with Crippen LogP contribution in [0.25, 0.3) is 0 Å². The number of allylic oxidation sites excluding steroid dienone is 3. The maximum Gasteiger partial charge on any atom is 0.324 e. The van der Waals surface area contributed by atoms with E-state index in [-0.39, 0.29) is 10.8 Å². The Morgan fingerprint density at radius 3 is 3.00 bits per heavy atom. The van der Waals surface area contributed by atoms with Gasteiger partial charge in [0.15, 0.2) is 0 Å². The first-order valence-corrected chi connectivity index (χ1v) is 5.34. The fourth-order valence-corrected chi connectivity index (χ4v) is 1.64. The van der Waals surface area contributed by atoms with Gasteiger partial charge in [-0.15, -0.1) is 0 Å². The molecule has 1 aliphatic rings. The summed E-state index contributed by atoms with van der Waals surface area (Å²) in [4.78, 5) is 11.0. The van der Waals surface area contributed by atoms with E-state index in [1.54, 1.807) is 0 Å². The normalized spacial score (nSPS) is 17.8. The van der Waals surface area contributed by atoms with Gasteiger partial charge in [-0.2, -0.15) is 0 Å². The average Bonchev–Trinajstić information content (AvgIpc) is 2.18. The molecule has 0 saturated carbocycles. The van der Waals surface area contributed by atoms with Crippen molar-refractivity contribution in [1.82, 2.24) is 0 Å². The van der Waals surface area contributed by atoms with Crippen LogP contribution in [0.15, 0.2) is 23.8 Å². The topological polar surface area (TPSA) is 26.3 Å². The Morgan fingerprint density at radius 2 is 2.46 bits per heavy atom. The molecule has 72 valence electrons. The first-order valence-electron chi connectivity index (χ1n) is 4.43. The van der Waals surface area contributed by atoms with E-state index in [4.69, 9.17) is 4.74 Å². The molecular weight excluding hydrogens is 232 g/mol. The molecule has 1 atom stereocenters. The molecule has 1 unspecified atom stereocenters. The van der Waals surface area contributed by atoms with Gasteiger partial charge in [0.25, 0.3) is 0 Å². The lowest BCUT2D eigenvalue weighted by Gasteiger charge is -2.12. The van der Waals surface area contributed by atoms with E-state index in [1.165, 1.54) is 0 Å². The molecule has 2 nitrogen and oxygen atoms in total. The Labute approximate surface area is 86.8 Å². The molecular formula is C10H13BrO2. The summed E-state index contributed by atoms with van der Waals surface area (Å²) in [6, 6.07) is 0. The first kappa shape index (κ1) is 10.5. The molecule has 0 heterocycles. The number of halogens is 1. The average molecular weight is 245 g/mol. The molecule has 0 N–H and O–H groups in total. The zero-order chi connectivity index (χ0) is 9.68. The van der Waals surface area contributed by atoms with Crippen molar-refractivity contribution in [1.29, 1.82) is 0 Å². The van der Waals surface area contributed by atoms with Gasteiger partial charge < -0.3 is 4.74 Å². The summed E-state index contributed by atoms with van der Waals surface area (Å²) < 4.78 is 4.90. The molecule has 0 radical (unpaired) electrons. The van der Waals surface area contributed by atoms with Crippen molar-refractivity contribution in [3.63, 3.8) is 0 Å². The second-order valence-corrected chi connectivity index (χ2v) is 3.71. The predicted octanol–water partition coefficient (Wildman–Crippen LogP) is 2.59. The fraction of sp³-hybridized carbons (Fsp3) is 0.500. The molecule has 0 fully saturated rings. The Balaban J connectivity index is 2.55. The zero-order valence-electron chi connectivity index (χ0n) is 7.63. The van der Waals surface area contributed by atoms with Crippen molar-refractivity contribution in [2.24, 2.45) is 0 Å². The minimum absolute atomic E-state index is 0.208. The SMILES string of the molecule is CCOC(=O)C(Br)C1=CCCC=C1. The van der Waals surface area contributed by atoms with Crippen molar-refractivity contribution in [2.75, 3.05) is 6.61 Å². The predicted molar refractivity (Wildman–Crippen MR) is 55.8 cm³/mol. The molecule has 0 spiro atoms. The van der Waals surface area contributed by atoms with Gasteiger partial charge in [0.05, 0.1) is 6.61 Å². The number of rotatable bonds is 3. The van der Waals surface area contributed by atoms with Crippen LogP contribution in [0.4, 0.5) is 0 Å². The van der Waals surface area contributed by atoms with E-state index in [0.29, 0.717) is 6.61 Å². The number of carbonyl (C=O) groups is 1. The number of hydrogen-bond donors (Lipinski definition) is 0. The van der Waals surface area contributed by atoms with Crippen molar-refractivity contribution >= 4 is 21.9 Å². The quantitative estimate of drug-likeness (QED) is 0.564. The van der Waals surface area contributed by atoms with Gasteiger partial charge in [0.1, 0.15) is 4.83 Å². The number of ether oxygens (including phenoxy) is 1. The molecule has 3 heteroatoms. The van der Waals surface area contributed by atoms with E-state index in [0.717, 1.165) is 18.4 Å². The molecule has 1 aliphatic carbocycles. The minimum Gasteiger partial charge on any atom is -0.465 e. The third-order valence-corrected chi connectivity index (χ3v) is 2.71. The fourth-order valence-electron chi connectivity index (χ4n) is 1.17. The summed E-state index contributed by atoms with van der Waals surface area (Å²) in [6.07, 6.45) is 8.18. The largest absolute Gasteiger partial charge is 0.465 e. The summed E-state index contributed by atoms with van der Waals surface area (Å²) >= 11 is 3.31. The highest BCUT2D eigenvalue weighted by molar-refractivity contribution is 9.10. The van der Waals surface area contributed by atoms with Gasteiger partial charge in [-0.3, -0.25) is 4.79 Å². The minimum atomic E-state index is -0.302. The summed E-state index contributed by atoms with van der Waals surface area (Å²) in [5.41, 5.74) is 1.00. The van der Waals surface area contributed by atoms with E-state index in [1.807, 2.05) is 13.0 Å². The van der Waals surface area contributed by atoms with E-state index < -0.39 is 0 Å². The van der Waals surface area contributed by atoms with Gasteiger partial charge >= 0.3 is 5.97 Å². The lowest BCUT2D eigenvalue weighted by atomic mass is 10.0. The number of alkyl halides is 1. The summed E-state index contributed by atoms with van der Waals surface area (Å²) in [6.45, 7) is 2.24. The molecule has 0 bridgehead atoms. The molecule has 0 aromatic rings. The molecule has 0 aromatic carbocycles. The van der Waals surface area contributed by atoms with Gasteiger partial charge in [-0.05, 0) is 25.3 Å². The maximum absolute atomic E-state index is 11.3. The monoisotopic (exact) mass is 244 g/mol. The van der Waals surface area contributed by atoms with Crippen LogP contribution in [-0.2, 0) is 9.53 Å². The van der Waals surface area contributed by atoms with E-state index >= 15 is 0 Å². The first-order chi connectivity index (χ1) is 6.25. The Kier molecular flexibility index (Phi) is 4.22. The van der Waals surface area contributed by atoms with Crippen LogP contribution in [0.2, 0.25) is 0 Å². The van der Waals surface area contributed by atoms with Crippen LogP contribution in [0, 0.1) is 0 Å². The zero-order valence-corrected chi connectivity index (χ0v) is 9.21. The Morgan fingerprint density at radius 1 is 1.69 bits per heavy atom. The number of carbonyl (C=O) groups excluding carboxylic acids is 1. The second kappa shape index (κ2) is 5.22. The van der Waals surface area contributed by atoms with Crippen molar-refractivity contribution in [2.45, 2.75) is 24.6 Å². The highest BCUT2D eigenvalue weighted by atomic mass is 79.9. The van der Waals surface area contributed by atoms with Crippen molar-refractivity contribution in [3.05, 3.63) is 23.8 Å². The molecule has 0 amide bonds. The van der Waals surface area contributed by atoms with Gasteiger partial charge in [0.2, 0.25) is 0 Å². The standard InChI is InChI=1S/C10H13BrO2/c1-2-13-10(12)9(11)8-6-4-3-5-7-8/h4,6-7,9H,2-3,5H2,1H3. The molecule has 1 rings (SSSR count). The number of hydrogen-bond acceptors (Lipinski definition) is 2. The van der Waals surface area contributed by atoms with E-state index in [9.17, 15) is 4.79 Å². The maximum atomic E-state index is 11.3. The van der Waals surface area contributed by atoms with E-state index in [2.05, 4.69) is 28.1 Å². The van der Waals surface area contributed by atoms with Crippen LogP contribution < -0.4 is 0 Å². The van der Waals surface area contributed by atoms with Crippen molar-refractivity contribution in [3.8, 4) is 0 Å². The van der Waals surface area contributed by atoms with Crippen molar-refractivity contribution < 1.29 is 9.53 Å². The summed E-state index contributed by atoms with van der Waals surface area (Å²) in [5.74, 6) is -0.208. The third kappa shape index (κ3) is 2.99. The van der Waals surface area contributed by atoms with Crippen LogP contribution >= 0.6 is 15.9 Å². The molecule has 13 heavy (non-hydrogen) atoms. The summed E-state index contributed by atoms with van der Waals surface area (Å²) in [5, 5.41) is 0. The smallest absolute Gasteiger partial charge is 0.324 e. The molecule has 0 saturated heterocycles. The summed E-state index contributed by atoms with van der Waals surface area (Å²) in [7, 11) is 0.